The third kappa shape index (κ3) is 4.53. The quantitative estimate of drug-likeness (QED) is 0.880. The van der Waals surface area contributed by atoms with Gasteiger partial charge in [0.1, 0.15) is 6.54 Å². The lowest BCUT2D eigenvalue weighted by Crippen LogP contribution is -2.52. The first-order chi connectivity index (χ1) is 9.21. The predicted octanol–water partition coefficient (Wildman–Crippen LogP) is 1.78. The van der Waals surface area contributed by atoms with Crippen molar-refractivity contribution in [2.75, 3.05) is 6.54 Å². The highest BCUT2D eigenvalue weighted by Crippen LogP contribution is 2.13. The fourth-order valence-corrected chi connectivity index (χ4v) is 1.71. The molecule has 20 heavy (non-hydrogen) atoms. The van der Waals surface area contributed by atoms with Crippen molar-refractivity contribution in [1.82, 2.24) is 15.2 Å². The molecule has 0 aliphatic carbocycles. The molecule has 0 bridgehead atoms. The molecule has 0 saturated heterocycles. The van der Waals surface area contributed by atoms with E-state index in [2.05, 4.69) is 10.3 Å². The number of aliphatic carboxylic acids is 1. The van der Waals surface area contributed by atoms with Crippen LogP contribution in [0.15, 0.2) is 18.3 Å². The molecule has 0 unspecified atom stereocenters. The predicted molar refractivity (Wildman–Crippen MR) is 75.3 cm³/mol. The number of amides is 2. The van der Waals surface area contributed by atoms with Crippen molar-refractivity contribution < 1.29 is 14.7 Å². The van der Waals surface area contributed by atoms with Gasteiger partial charge in [-0.3, -0.25) is 9.78 Å². The number of carbonyl (C=O) groups excluding carboxylic acids is 1. The molecular weight excluding hydrogens is 258 g/mol. The van der Waals surface area contributed by atoms with Crippen LogP contribution in [0.4, 0.5) is 4.79 Å². The average Bonchev–Trinajstić information content (AvgIpc) is 2.33. The van der Waals surface area contributed by atoms with Crippen LogP contribution in [-0.2, 0) is 11.3 Å². The minimum atomic E-state index is -1.04. The van der Waals surface area contributed by atoms with Crippen molar-refractivity contribution in [3.05, 3.63) is 29.6 Å². The maximum atomic E-state index is 12.1. The third-order valence-electron chi connectivity index (χ3n) is 2.87. The molecule has 2 N–H and O–H groups in total. The van der Waals surface area contributed by atoms with E-state index in [4.69, 9.17) is 5.11 Å². The van der Waals surface area contributed by atoms with Gasteiger partial charge in [-0.2, -0.15) is 0 Å². The smallest absolute Gasteiger partial charge is 0.323 e. The van der Waals surface area contributed by atoms with Gasteiger partial charge in [0, 0.05) is 11.7 Å². The maximum Gasteiger partial charge on any atom is 0.323 e. The van der Waals surface area contributed by atoms with Crippen molar-refractivity contribution in [1.29, 1.82) is 0 Å². The topological polar surface area (TPSA) is 82.5 Å². The number of rotatable bonds is 4. The number of hydrogen-bond acceptors (Lipinski definition) is 3. The summed E-state index contributed by atoms with van der Waals surface area (Å²) in [6, 6.07) is 3.32. The number of nitrogens with zero attached hydrogens (tertiary/aromatic N) is 2. The molecule has 1 heterocycles. The van der Waals surface area contributed by atoms with Gasteiger partial charge in [0.2, 0.25) is 0 Å². The highest BCUT2D eigenvalue weighted by atomic mass is 16.4. The number of carboxylic acids is 1. The summed E-state index contributed by atoms with van der Waals surface area (Å²) in [7, 11) is 0. The van der Waals surface area contributed by atoms with Crippen molar-refractivity contribution in [2.45, 2.75) is 39.8 Å². The summed E-state index contributed by atoms with van der Waals surface area (Å²) < 4.78 is 0. The number of nitrogens with one attached hydrogen (secondary N) is 1. The van der Waals surface area contributed by atoms with Crippen LogP contribution in [-0.4, -0.2) is 39.1 Å². The summed E-state index contributed by atoms with van der Waals surface area (Å²) in [5, 5.41) is 11.6. The molecule has 1 rings (SSSR count). The van der Waals surface area contributed by atoms with Crippen LogP contribution in [0.3, 0.4) is 0 Å². The molecule has 2 amide bonds. The van der Waals surface area contributed by atoms with Gasteiger partial charge in [-0.25, -0.2) is 4.79 Å². The Hall–Kier alpha value is -2.11. The van der Waals surface area contributed by atoms with Gasteiger partial charge < -0.3 is 15.3 Å². The number of aryl methyl sites for hydroxylation is 1. The molecule has 0 radical (unpaired) electrons. The zero-order valence-corrected chi connectivity index (χ0v) is 12.3. The second-order valence-electron chi connectivity index (χ2n) is 5.58. The molecule has 110 valence electrons. The number of carbonyl (C=O) groups is 2. The number of hydrogen-bond donors (Lipinski definition) is 2. The van der Waals surface area contributed by atoms with Crippen LogP contribution in [0.5, 0.6) is 0 Å². The molecule has 0 aliphatic heterocycles. The zero-order valence-electron chi connectivity index (χ0n) is 12.3. The van der Waals surface area contributed by atoms with Crippen LogP contribution < -0.4 is 5.32 Å². The standard InChI is InChI=1S/C14H21N3O3/c1-10-6-5-7-15-11(10)8-16-13(20)17(9-12(18)19)14(2,3)4/h5-7H,8-9H2,1-4H3,(H,16,20)(H,18,19). The summed E-state index contributed by atoms with van der Waals surface area (Å²) in [6.45, 7) is 7.23. The third-order valence-corrected chi connectivity index (χ3v) is 2.87. The summed E-state index contributed by atoms with van der Waals surface area (Å²) in [5.74, 6) is -1.04. The lowest BCUT2D eigenvalue weighted by molar-refractivity contribution is -0.138. The molecule has 0 aliphatic rings. The highest BCUT2D eigenvalue weighted by molar-refractivity contribution is 5.80. The summed E-state index contributed by atoms with van der Waals surface area (Å²) >= 11 is 0. The summed E-state index contributed by atoms with van der Waals surface area (Å²) in [4.78, 5) is 28.5. The molecule has 6 nitrogen and oxygen atoms in total. The van der Waals surface area contributed by atoms with E-state index in [1.165, 1.54) is 4.90 Å². The maximum absolute atomic E-state index is 12.1. The van der Waals surface area contributed by atoms with E-state index in [9.17, 15) is 9.59 Å². The minimum Gasteiger partial charge on any atom is -0.480 e. The second-order valence-corrected chi connectivity index (χ2v) is 5.58. The van der Waals surface area contributed by atoms with E-state index in [0.29, 0.717) is 0 Å². The molecule has 1 aromatic rings. The van der Waals surface area contributed by atoms with E-state index in [1.54, 1.807) is 27.0 Å². The number of aromatic nitrogens is 1. The Labute approximate surface area is 118 Å². The Kier molecular flexibility index (Phi) is 5.07. The van der Waals surface area contributed by atoms with Crippen LogP contribution in [0.2, 0.25) is 0 Å². The highest BCUT2D eigenvalue weighted by Gasteiger charge is 2.28. The fourth-order valence-electron chi connectivity index (χ4n) is 1.71. The van der Waals surface area contributed by atoms with Gasteiger partial charge in [0.05, 0.1) is 12.2 Å². The van der Waals surface area contributed by atoms with E-state index in [-0.39, 0.29) is 13.1 Å². The summed E-state index contributed by atoms with van der Waals surface area (Å²) in [5.41, 5.74) is 1.18. The number of urea groups is 1. The van der Waals surface area contributed by atoms with Crippen LogP contribution >= 0.6 is 0 Å². The van der Waals surface area contributed by atoms with Gasteiger partial charge in [-0.15, -0.1) is 0 Å². The Morgan fingerprint density at radius 2 is 2.05 bits per heavy atom. The first-order valence-corrected chi connectivity index (χ1v) is 6.39. The average molecular weight is 279 g/mol. The normalized spacial score (nSPS) is 11.0. The van der Waals surface area contributed by atoms with Crippen molar-refractivity contribution in [3.63, 3.8) is 0 Å². The van der Waals surface area contributed by atoms with Gasteiger partial charge in [-0.1, -0.05) is 6.07 Å². The van der Waals surface area contributed by atoms with E-state index >= 15 is 0 Å². The molecule has 0 fully saturated rings. The largest absolute Gasteiger partial charge is 0.480 e. The molecule has 1 aromatic heterocycles. The first-order valence-electron chi connectivity index (χ1n) is 6.39. The Morgan fingerprint density at radius 1 is 1.40 bits per heavy atom. The van der Waals surface area contributed by atoms with E-state index in [1.807, 2.05) is 19.1 Å². The van der Waals surface area contributed by atoms with Crippen LogP contribution in [0.1, 0.15) is 32.0 Å². The fraction of sp³-hybridized carbons (Fsp3) is 0.500. The minimum absolute atomic E-state index is 0.276. The van der Waals surface area contributed by atoms with Crippen molar-refractivity contribution in [3.8, 4) is 0 Å². The summed E-state index contributed by atoms with van der Waals surface area (Å²) in [6.07, 6.45) is 1.66. The van der Waals surface area contributed by atoms with Gasteiger partial charge in [0.15, 0.2) is 0 Å². The lowest BCUT2D eigenvalue weighted by Gasteiger charge is -2.34. The van der Waals surface area contributed by atoms with E-state index in [0.717, 1.165) is 11.3 Å². The van der Waals surface area contributed by atoms with Crippen molar-refractivity contribution >= 4 is 12.0 Å². The Balaban J connectivity index is 2.72. The Bertz CT molecular complexity index is 495. The zero-order chi connectivity index (χ0) is 15.3. The molecule has 6 heteroatoms. The first kappa shape index (κ1) is 15.9. The molecule has 0 saturated carbocycles. The second kappa shape index (κ2) is 6.36. The SMILES string of the molecule is Cc1cccnc1CNC(=O)N(CC(=O)O)C(C)(C)C. The monoisotopic (exact) mass is 279 g/mol. The molecule has 0 spiro atoms. The molecular formula is C14H21N3O3. The van der Waals surface area contributed by atoms with Crippen LogP contribution in [0, 0.1) is 6.92 Å². The number of pyridine rings is 1. The van der Waals surface area contributed by atoms with Crippen LogP contribution in [0.25, 0.3) is 0 Å². The molecule has 0 aromatic carbocycles. The van der Waals surface area contributed by atoms with E-state index < -0.39 is 17.5 Å². The lowest BCUT2D eigenvalue weighted by atomic mass is 10.1. The van der Waals surface area contributed by atoms with Gasteiger partial charge in [0.25, 0.3) is 0 Å². The number of carboxylic acid groups (broad SMARTS) is 1. The molecule has 0 atom stereocenters. The van der Waals surface area contributed by atoms with Gasteiger partial charge >= 0.3 is 12.0 Å². The van der Waals surface area contributed by atoms with Gasteiger partial charge in [-0.05, 0) is 39.3 Å². The Morgan fingerprint density at radius 3 is 2.55 bits per heavy atom. The van der Waals surface area contributed by atoms with Crippen molar-refractivity contribution in [2.24, 2.45) is 0 Å².